The van der Waals surface area contributed by atoms with Crippen LogP contribution in [-0.4, -0.2) is 48.6 Å². The van der Waals surface area contributed by atoms with Gasteiger partial charge in [0.1, 0.15) is 11.9 Å². The van der Waals surface area contributed by atoms with E-state index in [1.54, 1.807) is 32.1 Å². The van der Waals surface area contributed by atoms with Crippen molar-refractivity contribution in [3.63, 3.8) is 0 Å². The van der Waals surface area contributed by atoms with Crippen LogP contribution in [0.4, 0.5) is 25.4 Å². The first-order chi connectivity index (χ1) is 14.2. The van der Waals surface area contributed by atoms with E-state index in [4.69, 9.17) is 15.1 Å². The molecular formula is C21H25FN4O4. The molecule has 2 heterocycles. The Bertz CT molecular complexity index is 899. The van der Waals surface area contributed by atoms with Gasteiger partial charge in [0.15, 0.2) is 0 Å². The number of carboxylic acid groups (broad SMARTS) is 1. The number of nitriles is 1. The van der Waals surface area contributed by atoms with E-state index in [0.717, 1.165) is 18.4 Å². The van der Waals surface area contributed by atoms with Crippen LogP contribution in [0.1, 0.15) is 33.1 Å². The number of amides is 2. The minimum atomic E-state index is -1.15. The molecule has 30 heavy (non-hydrogen) atoms. The summed E-state index contributed by atoms with van der Waals surface area (Å²) in [6.07, 6.45) is 1.06. The maximum absolute atomic E-state index is 14.8. The third-order valence-electron chi connectivity index (χ3n) is 5.32. The number of anilines is 2. The molecule has 2 N–H and O–H groups in total. The number of hydrogen-bond acceptors (Lipinski definition) is 5. The lowest BCUT2D eigenvalue weighted by Gasteiger charge is -2.30. The van der Waals surface area contributed by atoms with Crippen LogP contribution in [-0.2, 0) is 4.74 Å². The highest BCUT2D eigenvalue weighted by molar-refractivity contribution is 5.90. The molecule has 2 amide bonds. The van der Waals surface area contributed by atoms with Crippen LogP contribution >= 0.6 is 0 Å². The van der Waals surface area contributed by atoms with Crippen molar-refractivity contribution in [2.45, 2.75) is 44.8 Å². The number of rotatable bonds is 5. The molecule has 0 bridgehead atoms. The van der Waals surface area contributed by atoms with Crippen molar-refractivity contribution >= 4 is 23.6 Å². The van der Waals surface area contributed by atoms with Crippen LogP contribution in [0, 0.1) is 17.1 Å². The highest BCUT2D eigenvalue weighted by atomic mass is 19.1. The quantitative estimate of drug-likeness (QED) is 0.710. The number of nitrogens with one attached hydrogen (secondary N) is 1. The number of allylic oxidation sites excluding steroid dienone is 1. The first-order valence-corrected chi connectivity index (χ1v) is 9.80. The molecule has 1 aromatic rings. The summed E-state index contributed by atoms with van der Waals surface area (Å²) < 4.78 is 20.2. The minimum absolute atomic E-state index is 0.217. The Hall–Kier alpha value is -3.28. The van der Waals surface area contributed by atoms with Gasteiger partial charge in [0, 0.05) is 31.1 Å². The van der Waals surface area contributed by atoms with E-state index in [1.165, 1.54) is 11.0 Å². The summed E-state index contributed by atoms with van der Waals surface area (Å²) in [6.45, 7) is 4.89. The van der Waals surface area contributed by atoms with Gasteiger partial charge in [0.2, 0.25) is 0 Å². The molecule has 1 aromatic carbocycles. The molecule has 2 aliphatic heterocycles. The number of halogens is 1. The normalized spacial score (nSPS) is 19.3. The zero-order valence-corrected chi connectivity index (χ0v) is 17.0. The average Bonchev–Trinajstić information content (AvgIpc) is 3.01. The van der Waals surface area contributed by atoms with Crippen LogP contribution in [0.2, 0.25) is 0 Å². The first-order valence-electron chi connectivity index (χ1n) is 9.80. The molecule has 0 saturated carbocycles. The van der Waals surface area contributed by atoms with Crippen molar-refractivity contribution < 1.29 is 23.8 Å². The maximum atomic E-state index is 14.8. The zero-order chi connectivity index (χ0) is 21.9. The molecule has 2 fully saturated rings. The van der Waals surface area contributed by atoms with Gasteiger partial charge in [-0.2, -0.15) is 5.26 Å². The van der Waals surface area contributed by atoms with Crippen LogP contribution < -0.4 is 15.1 Å². The summed E-state index contributed by atoms with van der Waals surface area (Å²) in [5.74, 6) is -0.427. The predicted molar refractivity (Wildman–Crippen MR) is 109 cm³/mol. The van der Waals surface area contributed by atoms with E-state index in [1.807, 2.05) is 11.0 Å². The third kappa shape index (κ3) is 5.00. The molecule has 8 nitrogen and oxygen atoms in total. The Morgan fingerprint density at radius 3 is 2.73 bits per heavy atom. The number of ether oxygens (including phenoxy) is 1. The van der Waals surface area contributed by atoms with Gasteiger partial charge < -0.3 is 20.1 Å². The second-order valence-electron chi connectivity index (χ2n) is 8.19. The molecule has 2 saturated heterocycles. The summed E-state index contributed by atoms with van der Waals surface area (Å²) in [5, 5.41) is 20.1. The fourth-order valence-corrected chi connectivity index (χ4v) is 3.94. The van der Waals surface area contributed by atoms with Gasteiger partial charge in [-0.05, 0) is 44.9 Å². The monoisotopic (exact) mass is 416 g/mol. The van der Waals surface area contributed by atoms with Crippen LogP contribution in [0.25, 0.3) is 0 Å². The third-order valence-corrected chi connectivity index (χ3v) is 5.32. The average molecular weight is 416 g/mol. The highest BCUT2D eigenvalue weighted by Gasteiger charge is 2.37. The standard InChI is InChI=1S/C21H25FN4O4/c1-21(2,24-19(27)28)12-16-13-26(20(29)30-16)15-3-4-18(17(22)11-15)25-9-6-14(5-8-23)7-10-25/h3-5,11,16,24H,6-7,9-10,12-13H2,1-2H3,(H,27,28)/t16-/m0/s1. The van der Waals surface area contributed by atoms with Crippen molar-refractivity contribution in [2.24, 2.45) is 0 Å². The molecule has 3 rings (SSSR count). The number of piperidine rings is 1. The lowest BCUT2D eigenvalue weighted by atomic mass is 9.97. The smallest absolute Gasteiger partial charge is 0.414 e. The molecule has 1 atom stereocenters. The largest absolute Gasteiger partial charge is 0.465 e. The van der Waals surface area contributed by atoms with Gasteiger partial charge >= 0.3 is 12.2 Å². The molecule has 0 aromatic heterocycles. The Balaban J connectivity index is 1.66. The lowest BCUT2D eigenvalue weighted by molar-refractivity contribution is 0.116. The molecule has 0 unspecified atom stereocenters. The van der Waals surface area contributed by atoms with E-state index < -0.39 is 29.6 Å². The number of carbonyl (C=O) groups excluding carboxylic acids is 1. The van der Waals surface area contributed by atoms with E-state index in [-0.39, 0.29) is 6.54 Å². The maximum Gasteiger partial charge on any atom is 0.414 e. The number of nitrogens with zero attached hydrogens (tertiary/aromatic N) is 3. The van der Waals surface area contributed by atoms with E-state index in [9.17, 15) is 14.0 Å². The summed E-state index contributed by atoms with van der Waals surface area (Å²) >= 11 is 0. The molecule has 160 valence electrons. The Labute approximate surface area is 174 Å². The molecule has 0 radical (unpaired) electrons. The Morgan fingerprint density at radius 1 is 1.43 bits per heavy atom. The van der Waals surface area contributed by atoms with Crippen LogP contribution in [0.15, 0.2) is 29.8 Å². The number of carbonyl (C=O) groups is 2. The van der Waals surface area contributed by atoms with Crippen molar-refractivity contribution in [2.75, 3.05) is 29.4 Å². The number of cyclic esters (lactones) is 1. The molecule has 0 aliphatic carbocycles. The second-order valence-corrected chi connectivity index (χ2v) is 8.19. The van der Waals surface area contributed by atoms with Gasteiger partial charge in [0.25, 0.3) is 0 Å². The summed E-state index contributed by atoms with van der Waals surface area (Å²) in [5.41, 5.74) is 1.16. The van der Waals surface area contributed by atoms with Crippen LogP contribution in [0.5, 0.6) is 0 Å². The fourth-order valence-electron chi connectivity index (χ4n) is 3.94. The van der Waals surface area contributed by atoms with Gasteiger partial charge in [-0.1, -0.05) is 5.57 Å². The molecule has 2 aliphatic rings. The number of hydrogen-bond donors (Lipinski definition) is 2. The van der Waals surface area contributed by atoms with Gasteiger partial charge in [-0.15, -0.1) is 0 Å². The van der Waals surface area contributed by atoms with Crippen molar-refractivity contribution in [3.05, 3.63) is 35.7 Å². The van der Waals surface area contributed by atoms with Gasteiger partial charge in [0.05, 0.1) is 24.0 Å². The fraction of sp³-hybridized carbons (Fsp3) is 0.476. The van der Waals surface area contributed by atoms with E-state index in [2.05, 4.69) is 5.32 Å². The van der Waals surface area contributed by atoms with E-state index >= 15 is 0 Å². The van der Waals surface area contributed by atoms with Crippen LogP contribution in [0.3, 0.4) is 0 Å². The molecule has 0 spiro atoms. The van der Waals surface area contributed by atoms with Crippen molar-refractivity contribution in [1.82, 2.24) is 5.32 Å². The van der Waals surface area contributed by atoms with Crippen molar-refractivity contribution in [1.29, 1.82) is 5.26 Å². The SMILES string of the molecule is CC(C)(C[C@H]1CN(c2ccc(N3CCC(=CC#N)CC3)c(F)c2)C(=O)O1)NC(=O)O. The van der Waals surface area contributed by atoms with E-state index in [0.29, 0.717) is 30.9 Å². The zero-order valence-electron chi connectivity index (χ0n) is 17.0. The highest BCUT2D eigenvalue weighted by Crippen LogP contribution is 2.31. The first kappa shape index (κ1) is 21.4. The predicted octanol–water partition coefficient (Wildman–Crippen LogP) is 3.64. The Morgan fingerprint density at radius 2 is 2.13 bits per heavy atom. The van der Waals surface area contributed by atoms with Crippen molar-refractivity contribution in [3.8, 4) is 6.07 Å². The second kappa shape index (κ2) is 8.61. The minimum Gasteiger partial charge on any atom is -0.465 e. The summed E-state index contributed by atoms with van der Waals surface area (Å²) in [7, 11) is 0. The number of benzene rings is 1. The van der Waals surface area contributed by atoms with Gasteiger partial charge in [-0.25, -0.2) is 14.0 Å². The molecule has 9 heteroatoms. The topological polar surface area (TPSA) is 106 Å². The van der Waals surface area contributed by atoms with Gasteiger partial charge in [-0.3, -0.25) is 4.90 Å². The molecular weight excluding hydrogens is 391 g/mol. The lowest BCUT2D eigenvalue weighted by Crippen LogP contribution is -2.45. The summed E-state index contributed by atoms with van der Waals surface area (Å²) in [4.78, 5) is 26.5. The Kier molecular flexibility index (Phi) is 6.15. The summed E-state index contributed by atoms with van der Waals surface area (Å²) in [6, 6.07) is 6.69.